The second kappa shape index (κ2) is 18.5. The molecular formula is C18H35N3O2. The van der Waals surface area contributed by atoms with Gasteiger partial charge in [-0.3, -0.25) is 0 Å². The maximum absolute atomic E-state index is 11.6. The Morgan fingerprint density at radius 2 is 1.78 bits per heavy atom. The van der Waals surface area contributed by atoms with E-state index in [1.54, 1.807) is 0 Å². The fourth-order valence-electron chi connectivity index (χ4n) is 1.74. The molecule has 23 heavy (non-hydrogen) atoms. The summed E-state index contributed by atoms with van der Waals surface area (Å²) in [6, 6.07) is 0. The van der Waals surface area contributed by atoms with Crippen molar-refractivity contribution >= 4 is 6.09 Å². The predicted octanol–water partition coefficient (Wildman–Crippen LogP) is 3.10. The average Bonchev–Trinajstić information content (AvgIpc) is 2.56. The van der Waals surface area contributed by atoms with Gasteiger partial charge in [0.15, 0.2) is 0 Å². The van der Waals surface area contributed by atoms with Gasteiger partial charge < -0.3 is 20.7 Å². The van der Waals surface area contributed by atoms with Crippen LogP contribution in [0.3, 0.4) is 0 Å². The lowest BCUT2D eigenvalue weighted by Gasteiger charge is -2.17. The highest BCUT2D eigenvalue weighted by Crippen LogP contribution is 1.95. The number of hydrogen-bond donors (Lipinski definition) is 2. The smallest absolute Gasteiger partial charge is 0.407 e. The number of hydrogen-bond acceptors (Lipinski definition) is 4. The molecule has 134 valence electrons. The average molecular weight is 325 g/mol. The number of nitrogens with zero attached hydrogens (tertiary/aromatic N) is 1. The van der Waals surface area contributed by atoms with Gasteiger partial charge in [-0.05, 0) is 53.0 Å². The van der Waals surface area contributed by atoms with E-state index in [1.807, 2.05) is 50.3 Å². The summed E-state index contributed by atoms with van der Waals surface area (Å²) >= 11 is 0. The molecule has 0 aliphatic carbocycles. The van der Waals surface area contributed by atoms with Crippen LogP contribution in [0, 0.1) is 0 Å². The van der Waals surface area contributed by atoms with Crippen LogP contribution in [-0.2, 0) is 4.74 Å². The molecule has 0 fully saturated rings. The Morgan fingerprint density at radius 3 is 2.35 bits per heavy atom. The van der Waals surface area contributed by atoms with Crippen molar-refractivity contribution in [1.29, 1.82) is 0 Å². The van der Waals surface area contributed by atoms with Crippen LogP contribution >= 0.6 is 0 Å². The second-order valence-electron chi connectivity index (χ2n) is 4.71. The molecule has 0 bridgehead atoms. The van der Waals surface area contributed by atoms with Crippen LogP contribution in [-0.4, -0.2) is 50.3 Å². The van der Waals surface area contributed by atoms with E-state index < -0.39 is 0 Å². The van der Waals surface area contributed by atoms with E-state index in [2.05, 4.69) is 29.8 Å². The van der Waals surface area contributed by atoms with Crippen LogP contribution in [0.5, 0.6) is 0 Å². The van der Waals surface area contributed by atoms with Crippen molar-refractivity contribution in [2.45, 2.75) is 40.2 Å². The van der Waals surface area contributed by atoms with Crippen molar-refractivity contribution in [3.8, 4) is 0 Å². The quantitative estimate of drug-likeness (QED) is 0.478. The van der Waals surface area contributed by atoms with Gasteiger partial charge in [-0.2, -0.15) is 0 Å². The van der Waals surface area contributed by atoms with E-state index in [-0.39, 0.29) is 12.2 Å². The Balaban J connectivity index is 0. The first kappa shape index (κ1) is 23.7. The van der Waals surface area contributed by atoms with Gasteiger partial charge in [-0.25, -0.2) is 4.79 Å². The Hall–Kier alpha value is -1.59. The Labute approximate surface area is 142 Å². The lowest BCUT2D eigenvalue weighted by atomic mass is 10.3. The normalized spacial score (nSPS) is 12.7. The first-order valence-electron chi connectivity index (χ1n) is 8.34. The van der Waals surface area contributed by atoms with Gasteiger partial charge in [0.1, 0.15) is 6.10 Å². The largest absolute Gasteiger partial charge is 0.442 e. The topological polar surface area (TPSA) is 67.6 Å². The van der Waals surface area contributed by atoms with Gasteiger partial charge in [0, 0.05) is 6.54 Å². The SMILES string of the molecule is CN.C\C=C/C=C\C=C/C(C)OC(=O)NCCCN(CC)CC. The molecule has 1 amide bonds. The number of carbonyl (C=O) groups excluding carboxylic acids is 1. The number of alkyl carbamates (subject to hydrolysis) is 1. The molecule has 0 aliphatic heterocycles. The molecule has 0 saturated carbocycles. The van der Waals surface area contributed by atoms with Crippen LogP contribution in [0.4, 0.5) is 4.79 Å². The van der Waals surface area contributed by atoms with E-state index in [0.29, 0.717) is 6.54 Å². The summed E-state index contributed by atoms with van der Waals surface area (Å²) in [5.74, 6) is 0. The molecular weight excluding hydrogens is 290 g/mol. The molecule has 0 radical (unpaired) electrons. The number of amides is 1. The van der Waals surface area contributed by atoms with Crippen molar-refractivity contribution < 1.29 is 9.53 Å². The van der Waals surface area contributed by atoms with Crippen molar-refractivity contribution in [1.82, 2.24) is 10.2 Å². The number of nitrogens with one attached hydrogen (secondary N) is 1. The van der Waals surface area contributed by atoms with Gasteiger partial charge in [-0.1, -0.05) is 44.2 Å². The molecule has 0 saturated heterocycles. The minimum atomic E-state index is -0.357. The molecule has 0 rings (SSSR count). The maximum Gasteiger partial charge on any atom is 0.407 e. The van der Waals surface area contributed by atoms with Crippen LogP contribution < -0.4 is 11.1 Å². The summed E-state index contributed by atoms with van der Waals surface area (Å²) in [5.41, 5.74) is 4.50. The van der Waals surface area contributed by atoms with Crippen molar-refractivity contribution in [2.75, 3.05) is 33.2 Å². The lowest BCUT2D eigenvalue weighted by molar-refractivity contribution is 0.126. The Kier molecular flexibility index (Phi) is 19.0. The number of rotatable bonds is 10. The van der Waals surface area contributed by atoms with Crippen LogP contribution in [0.15, 0.2) is 36.5 Å². The van der Waals surface area contributed by atoms with E-state index in [0.717, 1.165) is 26.1 Å². The first-order valence-corrected chi connectivity index (χ1v) is 8.34. The number of nitrogens with two attached hydrogens (primary N) is 1. The van der Waals surface area contributed by atoms with E-state index in [4.69, 9.17) is 4.74 Å². The number of allylic oxidation sites excluding steroid dienone is 5. The van der Waals surface area contributed by atoms with Crippen LogP contribution in [0.2, 0.25) is 0 Å². The van der Waals surface area contributed by atoms with Crippen LogP contribution in [0.25, 0.3) is 0 Å². The third-order valence-electron chi connectivity index (χ3n) is 3.02. The molecule has 5 nitrogen and oxygen atoms in total. The predicted molar refractivity (Wildman–Crippen MR) is 99.6 cm³/mol. The molecule has 3 N–H and O–H groups in total. The molecule has 0 aromatic carbocycles. The fraction of sp³-hybridized carbons (Fsp3) is 0.611. The lowest BCUT2D eigenvalue weighted by Crippen LogP contribution is -2.31. The molecule has 1 unspecified atom stereocenters. The molecule has 0 aromatic rings. The summed E-state index contributed by atoms with van der Waals surface area (Å²) in [6.07, 6.45) is 11.8. The summed E-state index contributed by atoms with van der Waals surface area (Å²) in [5, 5.41) is 2.78. The van der Waals surface area contributed by atoms with Crippen LogP contribution in [0.1, 0.15) is 34.1 Å². The molecule has 5 heteroatoms. The molecule has 0 aromatic heterocycles. The molecule has 0 spiro atoms. The zero-order valence-corrected chi connectivity index (χ0v) is 15.4. The van der Waals surface area contributed by atoms with E-state index >= 15 is 0 Å². The Bertz CT molecular complexity index is 348. The van der Waals surface area contributed by atoms with E-state index in [9.17, 15) is 4.79 Å². The fourth-order valence-corrected chi connectivity index (χ4v) is 1.74. The highest BCUT2D eigenvalue weighted by molar-refractivity contribution is 5.67. The monoisotopic (exact) mass is 325 g/mol. The van der Waals surface area contributed by atoms with Crippen molar-refractivity contribution in [3.63, 3.8) is 0 Å². The summed E-state index contributed by atoms with van der Waals surface area (Å²) in [6.45, 7) is 11.8. The number of carbonyl (C=O) groups is 1. The van der Waals surface area contributed by atoms with Crippen molar-refractivity contribution in [3.05, 3.63) is 36.5 Å². The summed E-state index contributed by atoms with van der Waals surface area (Å²) in [4.78, 5) is 13.9. The molecule has 0 heterocycles. The highest BCUT2D eigenvalue weighted by atomic mass is 16.6. The second-order valence-corrected chi connectivity index (χ2v) is 4.71. The minimum absolute atomic E-state index is 0.233. The van der Waals surface area contributed by atoms with Gasteiger partial charge in [0.25, 0.3) is 0 Å². The van der Waals surface area contributed by atoms with Gasteiger partial charge >= 0.3 is 6.09 Å². The van der Waals surface area contributed by atoms with Gasteiger partial charge in [-0.15, -0.1) is 0 Å². The summed E-state index contributed by atoms with van der Waals surface area (Å²) < 4.78 is 5.21. The van der Waals surface area contributed by atoms with Gasteiger partial charge in [0.2, 0.25) is 0 Å². The third kappa shape index (κ3) is 16.6. The third-order valence-corrected chi connectivity index (χ3v) is 3.02. The first-order chi connectivity index (χ1) is 11.1. The zero-order valence-electron chi connectivity index (χ0n) is 15.4. The summed E-state index contributed by atoms with van der Waals surface area (Å²) in [7, 11) is 1.50. The highest BCUT2D eigenvalue weighted by Gasteiger charge is 2.05. The zero-order chi connectivity index (χ0) is 17.9. The van der Waals surface area contributed by atoms with Gasteiger partial charge in [0.05, 0.1) is 0 Å². The maximum atomic E-state index is 11.6. The Morgan fingerprint density at radius 1 is 1.17 bits per heavy atom. The standard InChI is InChI=1S/C17H30N2O2.CH5N/c1-5-8-9-10-11-13-16(4)21-17(20)18-14-12-15-19(6-2)7-3;1-2/h5,8-11,13,16H,6-7,12,14-15H2,1-4H3,(H,18,20);2H2,1H3/b8-5-,10-9-,13-11-;. The van der Waals surface area contributed by atoms with Crippen molar-refractivity contribution in [2.24, 2.45) is 5.73 Å². The molecule has 1 atom stereocenters. The molecule has 0 aliphatic rings. The minimum Gasteiger partial charge on any atom is -0.442 e. The van der Waals surface area contributed by atoms with E-state index in [1.165, 1.54) is 7.05 Å². The number of ether oxygens (including phenoxy) is 1.